The molecule has 3 heteroatoms. The number of carbonyl (C=O) groups is 1. The third-order valence-electron chi connectivity index (χ3n) is 3.75. The Labute approximate surface area is 122 Å². The Bertz CT molecular complexity index is 454. The number of nitrogens with zero attached hydrogens (tertiary/aromatic N) is 1. The van der Waals surface area contributed by atoms with Crippen molar-refractivity contribution < 1.29 is 9.53 Å². The number of methoxy groups -OCH3 is 1. The monoisotopic (exact) mass is 277 g/mol. The molecule has 0 N–H and O–H groups in total. The lowest BCUT2D eigenvalue weighted by Crippen LogP contribution is -2.45. The van der Waals surface area contributed by atoms with Crippen LogP contribution in [0.3, 0.4) is 0 Å². The standard InChI is InChI=1S/C17H27NO2/c1-12(2)18(9-10-20-6)15(5)17(19)16-11-13(3)7-8-14(16)4/h7-8,11-12,15H,9-10H2,1-6H3. The fraction of sp³-hybridized carbons (Fsp3) is 0.588. The number of carbonyl (C=O) groups excluding carboxylic acids is 1. The van der Waals surface area contributed by atoms with Gasteiger partial charge < -0.3 is 4.74 Å². The number of ether oxygens (including phenoxy) is 1. The third kappa shape index (κ3) is 4.15. The lowest BCUT2D eigenvalue weighted by atomic mass is 9.97. The first kappa shape index (κ1) is 16.9. The van der Waals surface area contributed by atoms with Crippen molar-refractivity contribution in [1.29, 1.82) is 0 Å². The Kier molecular flexibility index (Phi) is 6.37. The molecule has 1 aromatic rings. The van der Waals surface area contributed by atoms with Crippen LogP contribution in [0.5, 0.6) is 0 Å². The van der Waals surface area contributed by atoms with E-state index in [2.05, 4.69) is 18.7 Å². The van der Waals surface area contributed by atoms with Crippen molar-refractivity contribution in [1.82, 2.24) is 4.90 Å². The van der Waals surface area contributed by atoms with Gasteiger partial charge in [0.1, 0.15) is 0 Å². The maximum atomic E-state index is 12.7. The van der Waals surface area contributed by atoms with Gasteiger partial charge in [-0.05, 0) is 46.2 Å². The van der Waals surface area contributed by atoms with E-state index in [4.69, 9.17) is 4.74 Å². The van der Waals surface area contributed by atoms with Crippen molar-refractivity contribution in [3.8, 4) is 0 Å². The predicted molar refractivity (Wildman–Crippen MR) is 83.4 cm³/mol. The number of hydrogen-bond acceptors (Lipinski definition) is 3. The SMILES string of the molecule is COCCN(C(C)C)C(C)C(=O)c1cc(C)ccc1C. The average molecular weight is 277 g/mol. The number of aryl methyl sites for hydroxylation is 2. The molecule has 0 radical (unpaired) electrons. The van der Waals surface area contributed by atoms with E-state index in [0.29, 0.717) is 12.6 Å². The predicted octanol–water partition coefficient (Wildman–Crippen LogP) is 3.23. The summed E-state index contributed by atoms with van der Waals surface area (Å²) in [5, 5.41) is 0. The summed E-state index contributed by atoms with van der Waals surface area (Å²) in [6.07, 6.45) is 0. The van der Waals surface area contributed by atoms with Crippen molar-refractivity contribution in [3.63, 3.8) is 0 Å². The van der Waals surface area contributed by atoms with Gasteiger partial charge in [0.15, 0.2) is 5.78 Å². The Morgan fingerprint density at radius 2 is 1.90 bits per heavy atom. The minimum absolute atomic E-state index is 0.134. The van der Waals surface area contributed by atoms with E-state index in [-0.39, 0.29) is 11.8 Å². The molecule has 112 valence electrons. The van der Waals surface area contributed by atoms with Crippen LogP contribution in [-0.2, 0) is 4.74 Å². The van der Waals surface area contributed by atoms with Crippen LogP contribution in [-0.4, -0.2) is 43.0 Å². The molecule has 1 aromatic carbocycles. The fourth-order valence-corrected chi connectivity index (χ4v) is 2.47. The van der Waals surface area contributed by atoms with E-state index in [1.165, 1.54) is 0 Å². The van der Waals surface area contributed by atoms with Gasteiger partial charge in [-0.1, -0.05) is 17.7 Å². The molecule has 1 unspecified atom stereocenters. The minimum Gasteiger partial charge on any atom is -0.383 e. The highest BCUT2D eigenvalue weighted by atomic mass is 16.5. The molecule has 0 spiro atoms. The van der Waals surface area contributed by atoms with Gasteiger partial charge in [-0.3, -0.25) is 9.69 Å². The van der Waals surface area contributed by atoms with E-state index in [9.17, 15) is 4.79 Å². The average Bonchev–Trinajstić information content (AvgIpc) is 2.40. The van der Waals surface area contributed by atoms with Crippen molar-refractivity contribution in [2.75, 3.05) is 20.3 Å². The zero-order chi connectivity index (χ0) is 15.3. The minimum atomic E-state index is -0.134. The topological polar surface area (TPSA) is 29.5 Å². The van der Waals surface area contributed by atoms with Crippen LogP contribution < -0.4 is 0 Å². The second kappa shape index (κ2) is 7.55. The quantitative estimate of drug-likeness (QED) is 0.717. The van der Waals surface area contributed by atoms with Crippen LogP contribution in [0.25, 0.3) is 0 Å². The second-order valence-corrected chi connectivity index (χ2v) is 5.68. The summed E-state index contributed by atoms with van der Waals surface area (Å²) < 4.78 is 5.15. The van der Waals surface area contributed by atoms with Crippen LogP contribution in [0.2, 0.25) is 0 Å². The fourth-order valence-electron chi connectivity index (χ4n) is 2.47. The van der Waals surface area contributed by atoms with Crippen LogP contribution >= 0.6 is 0 Å². The van der Waals surface area contributed by atoms with E-state index in [1.807, 2.05) is 39.0 Å². The number of rotatable bonds is 7. The van der Waals surface area contributed by atoms with E-state index < -0.39 is 0 Å². The summed E-state index contributed by atoms with van der Waals surface area (Å²) in [6.45, 7) is 11.6. The van der Waals surface area contributed by atoms with Gasteiger partial charge in [-0.15, -0.1) is 0 Å². The van der Waals surface area contributed by atoms with Crippen LogP contribution in [0.15, 0.2) is 18.2 Å². The molecule has 0 saturated heterocycles. The Balaban J connectivity index is 2.95. The van der Waals surface area contributed by atoms with Gasteiger partial charge in [0.05, 0.1) is 12.6 Å². The summed E-state index contributed by atoms with van der Waals surface area (Å²) in [5.41, 5.74) is 3.00. The highest BCUT2D eigenvalue weighted by molar-refractivity contribution is 6.01. The summed E-state index contributed by atoms with van der Waals surface area (Å²) in [7, 11) is 1.69. The molecule has 0 heterocycles. The molecule has 0 bridgehead atoms. The van der Waals surface area contributed by atoms with Crippen LogP contribution in [0, 0.1) is 13.8 Å². The molecule has 3 nitrogen and oxygen atoms in total. The summed E-state index contributed by atoms with van der Waals surface area (Å²) in [5.74, 6) is 0.191. The molecule has 0 aliphatic rings. The number of benzene rings is 1. The molecule has 0 aliphatic heterocycles. The number of ketones is 1. The molecular formula is C17H27NO2. The Morgan fingerprint density at radius 1 is 1.25 bits per heavy atom. The highest BCUT2D eigenvalue weighted by Crippen LogP contribution is 2.17. The zero-order valence-corrected chi connectivity index (χ0v) is 13.6. The first-order chi connectivity index (χ1) is 9.38. The summed E-state index contributed by atoms with van der Waals surface area (Å²) >= 11 is 0. The van der Waals surface area contributed by atoms with Crippen LogP contribution in [0.1, 0.15) is 42.3 Å². The highest BCUT2D eigenvalue weighted by Gasteiger charge is 2.25. The zero-order valence-electron chi connectivity index (χ0n) is 13.6. The molecule has 0 amide bonds. The van der Waals surface area contributed by atoms with E-state index >= 15 is 0 Å². The molecule has 0 aliphatic carbocycles. The maximum absolute atomic E-state index is 12.7. The van der Waals surface area contributed by atoms with Gasteiger partial charge in [-0.2, -0.15) is 0 Å². The maximum Gasteiger partial charge on any atom is 0.179 e. The van der Waals surface area contributed by atoms with Crippen molar-refractivity contribution >= 4 is 5.78 Å². The molecule has 1 atom stereocenters. The molecule has 0 saturated carbocycles. The van der Waals surface area contributed by atoms with Crippen molar-refractivity contribution in [2.24, 2.45) is 0 Å². The van der Waals surface area contributed by atoms with Crippen molar-refractivity contribution in [2.45, 2.75) is 46.7 Å². The number of hydrogen-bond donors (Lipinski definition) is 0. The van der Waals surface area contributed by atoms with Gasteiger partial charge >= 0.3 is 0 Å². The largest absolute Gasteiger partial charge is 0.383 e. The molecule has 20 heavy (non-hydrogen) atoms. The molecule has 1 rings (SSSR count). The van der Waals surface area contributed by atoms with Gasteiger partial charge in [0.25, 0.3) is 0 Å². The van der Waals surface area contributed by atoms with Crippen molar-refractivity contribution in [3.05, 3.63) is 34.9 Å². The van der Waals surface area contributed by atoms with Crippen LogP contribution in [0.4, 0.5) is 0 Å². The van der Waals surface area contributed by atoms with Gasteiger partial charge in [0, 0.05) is 25.3 Å². The molecule has 0 fully saturated rings. The molecule has 0 aromatic heterocycles. The normalized spacial score (nSPS) is 13.0. The first-order valence-corrected chi connectivity index (χ1v) is 7.24. The third-order valence-corrected chi connectivity index (χ3v) is 3.75. The first-order valence-electron chi connectivity index (χ1n) is 7.24. The number of Topliss-reactive ketones (excluding diaryl/α,β-unsaturated/α-hetero) is 1. The lowest BCUT2D eigenvalue weighted by molar-refractivity contribution is 0.0697. The lowest BCUT2D eigenvalue weighted by Gasteiger charge is -2.31. The Hall–Kier alpha value is -1.19. The van der Waals surface area contributed by atoms with Gasteiger partial charge in [-0.25, -0.2) is 0 Å². The Morgan fingerprint density at radius 3 is 2.45 bits per heavy atom. The smallest absolute Gasteiger partial charge is 0.179 e. The van der Waals surface area contributed by atoms with Gasteiger partial charge in [0.2, 0.25) is 0 Å². The summed E-state index contributed by atoms with van der Waals surface area (Å²) in [4.78, 5) is 14.9. The second-order valence-electron chi connectivity index (χ2n) is 5.68. The van der Waals surface area contributed by atoms with E-state index in [0.717, 1.165) is 23.2 Å². The molecular weight excluding hydrogens is 250 g/mol. The summed E-state index contributed by atoms with van der Waals surface area (Å²) in [6, 6.07) is 6.23. The van der Waals surface area contributed by atoms with E-state index in [1.54, 1.807) is 7.11 Å².